The van der Waals surface area contributed by atoms with E-state index in [2.05, 4.69) is 12.2 Å². The summed E-state index contributed by atoms with van der Waals surface area (Å²) in [4.78, 5) is 27.0. The summed E-state index contributed by atoms with van der Waals surface area (Å²) in [5.74, 6) is -0.212. The highest BCUT2D eigenvalue weighted by Gasteiger charge is 2.42. The van der Waals surface area contributed by atoms with Gasteiger partial charge in [-0.1, -0.05) is 45.7 Å². The Bertz CT molecular complexity index is 609. The molecular weight excluding hydrogens is 339 g/mol. The van der Waals surface area contributed by atoms with Gasteiger partial charge in [-0.05, 0) is 24.1 Å². The fourth-order valence-electron chi connectivity index (χ4n) is 2.90. The molecule has 2 rings (SSSR count). The maximum absolute atomic E-state index is 13.6. The molecule has 1 aromatic carbocycles. The number of carbonyl (C=O) groups is 2. The maximum atomic E-state index is 13.6. The van der Waals surface area contributed by atoms with E-state index in [4.69, 9.17) is 0 Å². The molecule has 1 heterocycles. The first-order valence-electron chi connectivity index (χ1n) is 8.92. The Labute approximate surface area is 153 Å². The van der Waals surface area contributed by atoms with Crippen LogP contribution in [0.2, 0.25) is 0 Å². The monoisotopic (exact) mass is 366 g/mol. The van der Waals surface area contributed by atoms with Gasteiger partial charge in [-0.3, -0.25) is 9.59 Å². The SMILES string of the molecule is CCCCCNC(=O)[C@@H]1CS[C@@H](c2cccc(F)c2)N1C(=O)C(C)C. The Kier molecular flexibility index (Phi) is 7.29. The van der Waals surface area contributed by atoms with Crippen molar-refractivity contribution in [1.82, 2.24) is 10.2 Å². The molecule has 0 spiro atoms. The van der Waals surface area contributed by atoms with Crippen molar-refractivity contribution in [1.29, 1.82) is 0 Å². The predicted molar refractivity (Wildman–Crippen MR) is 99.6 cm³/mol. The second-order valence-electron chi connectivity index (χ2n) is 6.65. The van der Waals surface area contributed by atoms with Crippen molar-refractivity contribution < 1.29 is 14.0 Å². The summed E-state index contributed by atoms with van der Waals surface area (Å²) in [5.41, 5.74) is 0.722. The van der Waals surface area contributed by atoms with E-state index >= 15 is 0 Å². The molecule has 25 heavy (non-hydrogen) atoms. The minimum Gasteiger partial charge on any atom is -0.354 e. The lowest BCUT2D eigenvalue weighted by Crippen LogP contribution is -2.49. The van der Waals surface area contributed by atoms with Crippen molar-refractivity contribution in [3.05, 3.63) is 35.6 Å². The van der Waals surface area contributed by atoms with E-state index in [0.29, 0.717) is 12.3 Å². The Morgan fingerprint density at radius 1 is 1.36 bits per heavy atom. The number of unbranched alkanes of at least 4 members (excludes halogenated alkanes) is 2. The minimum absolute atomic E-state index is 0.0760. The third-order valence-electron chi connectivity index (χ3n) is 4.26. The number of rotatable bonds is 7. The molecule has 1 N–H and O–H groups in total. The van der Waals surface area contributed by atoms with Crippen LogP contribution in [0.4, 0.5) is 4.39 Å². The van der Waals surface area contributed by atoms with E-state index in [1.165, 1.54) is 23.9 Å². The first kappa shape index (κ1) is 19.8. The highest BCUT2D eigenvalue weighted by atomic mass is 32.2. The normalized spacial score (nSPS) is 20.1. The summed E-state index contributed by atoms with van der Waals surface area (Å²) in [6.07, 6.45) is 3.10. The van der Waals surface area contributed by atoms with E-state index < -0.39 is 6.04 Å². The van der Waals surface area contributed by atoms with E-state index in [1.807, 2.05) is 19.9 Å². The fraction of sp³-hybridized carbons (Fsp3) is 0.579. The molecule has 2 atom stereocenters. The molecule has 0 aromatic heterocycles. The zero-order valence-corrected chi connectivity index (χ0v) is 15.9. The number of carbonyl (C=O) groups excluding carboxylic acids is 2. The molecule has 1 aromatic rings. The largest absolute Gasteiger partial charge is 0.354 e. The first-order chi connectivity index (χ1) is 12.0. The summed E-state index contributed by atoms with van der Waals surface area (Å²) >= 11 is 1.52. The van der Waals surface area contributed by atoms with Crippen LogP contribution in [-0.2, 0) is 9.59 Å². The van der Waals surface area contributed by atoms with Crippen molar-refractivity contribution in [2.45, 2.75) is 51.4 Å². The number of nitrogens with zero attached hydrogens (tertiary/aromatic N) is 1. The Hall–Kier alpha value is -1.56. The van der Waals surface area contributed by atoms with E-state index in [-0.39, 0.29) is 28.9 Å². The molecule has 1 aliphatic rings. The predicted octanol–water partition coefficient (Wildman–Crippen LogP) is 3.73. The van der Waals surface area contributed by atoms with E-state index in [0.717, 1.165) is 24.8 Å². The van der Waals surface area contributed by atoms with Crippen molar-refractivity contribution in [3.63, 3.8) is 0 Å². The summed E-state index contributed by atoms with van der Waals surface area (Å²) < 4.78 is 13.6. The second kappa shape index (κ2) is 9.22. The van der Waals surface area contributed by atoms with Crippen LogP contribution in [-0.4, -0.2) is 35.1 Å². The lowest BCUT2D eigenvalue weighted by atomic mass is 10.1. The molecule has 0 radical (unpaired) electrons. The Morgan fingerprint density at radius 3 is 2.76 bits per heavy atom. The topological polar surface area (TPSA) is 49.4 Å². The van der Waals surface area contributed by atoms with Gasteiger partial charge in [0, 0.05) is 18.2 Å². The van der Waals surface area contributed by atoms with Crippen LogP contribution < -0.4 is 5.32 Å². The summed E-state index contributed by atoms with van der Waals surface area (Å²) in [6, 6.07) is 5.77. The van der Waals surface area contributed by atoms with Gasteiger partial charge in [0.2, 0.25) is 11.8 Å². The zero-order chi connectivity index (χ0) is 18.4. The molecular formula is C19H27FN2O2S. The van der Waals surface area contributed by atoms with Gasteiger partial charge in [-0.2, -0.15) is 0 Å². The number of nitrogens with one attached hydrogen (secondary N) is 1. The zero-order valence-electron chi connectivity index (χ0n) is 15.1. The molecule has 1 aliphatic heterocycles. The van der Waals surface area contributed by atoms with E-state index in [1.54, 1.807) is 11.0 Å². The average Bonchev–Trinajstić information content (AvgIpc) is 3.02. The van der Waals surface area contributed by atoms with Crippen LogP contribution in [0.1, 0.15) is 51.0 Å². The van der Waals surface area contributed by atoms with Crippen LogP contribution in [0, 0.1) is 11.7 Å². The van der Waals surface area contributed by atoms with Crippen molar-refractivity contribution in [2.24, 2.45) is 5.92 Å². The number of benzene rings is 1. The fourth-order valence-corrected chi connectivity index (χ4v) is 4.32. The molecule has 138 valence electrons. The smallest absolute Gasteiger partial charge is 0.243 e. The van der Waals surface area contributed by atoms with Crippen LogP contribution in [0.15, 0.2) is 24.3 Å². The maximum Gasteiger partial charge on any atom is 0.243 e. The van der Waals surface area contributed by atoms with Gasteiger partial charge >= 0.3 is 0 Å². The van der Waals surface area contributed by atoms with Gasteiger partial charge in [0.05, 0.1) is 0 Å². The van der Waals surface area contributed by atoms with Gasteiger partial charge in [0.25, 0.3) is 0 Å². The summed E-state index contributed by atoms with van der Waals surface area (Å²) in [7, 11) is 0. The molecule has 1 fully saturated rings. The van der Waals surface area contributed by atoms with Gasteiger partial charge < -0.3 is 10.2 Å². The molecule has 0 unspecified atom stereocenters. The van der Waals surface area contributed by atoms with Crippen LogP contribution >= 0.6 is 11.8 Å². The Morgan fingerprint density at radius 2 is 2.12 bits per heavy atom. The first-order valence-corrected chi connectivity index (χ1v) is 9.97. The number of thioether (sulfide) groups is 1. The molecule has 0 aliphatic carbocycles. The van der Waals surface area contributed by atoms with Crippen LogP contribution in [0.5, 0.6) is 0 Å². The van der Waals surface area contributed by atoms with Crippen LogP contribution in [0.25, 0.3) is 0 Å². The van der Waals surface area contributed by atoms with Gasteiger partial charge in [0.15, 0.2) is 0 Å². The molecule has 1 saturated heterocycles. The lowest BCUT2D eigenvalue weighted by molar-refractivity contribution is -0.142. The van der Waals surface area contributed by atoms with Crippen molar-refractivity contribution in [3.8, 4) is 0 Å². The number of hydrogen-bond acceptors (Lipinski definition) is 3. The quantitative estimate of drug-likeness (QED) is 0.748. The standard InChI is InChI=1S/C19H27FN2O2S/c1-4-5-6-10-21-17(23)16-12-25-19(22(16)18(24)13(2)3)14-8-7-9-15(20)11-14/h7-9,11,13,16,19H,4-6,10,12H2,1-3H3,(H,21,23)/t16-,19-/m0/s1. The third kappa shape index (κ3) is 4.97. The molecule has 4 nitrogen and oxygen atoms in total. The second-order valence-corrected chi connectivity index (χ2v) is 7.77. The molecule has 2 amide bonds. The van der Waals surface area contributed by atoms with Gasteiger partial charge in [-0.15, -0.1) is 11.8 Å². The third-order valence-corrected chi connectivity index (χ3v) is 5.59. The highest BCUT2D eigenvalue weighted by molar-refractivity contribution is 7.99. The molecule has 0 saturated carbocycles. The van der Waals surface area contributed by atoms with Gasteiger partial charge in [0.1, 0.15) is 17.2 Å². The van der Waals surface area contributed by atoms with Crippen molar-refractivity contribution in [2.75, 3.05) is 12.3 Å². The van der Waals surface area contributed by atoms with Crippen LogP contribution in [0.3, 0.4) is 0 Å². The number of hydrogen-bond donors (Lipinski definition) is 1. The summed E-state index contributed by atoms with van der Waals surface area (Å²) in [5, 5.41) is 2.62. The highest BCUT2D eigenvalue weighted by Crippen LogP contribution is 2.42. The summed E-state index contributed by atoms with van der Waals surface area (Å²) in [6.45, 7) is 6.39. The number of amides is 2. The molecule has 0 bridgehead atoms. The Balaban J connectivity index is 2.17. The average molecular weight is 367 g/mol. The molecule has 6 heteroatoms. The lowest BCUT2D eigenvalue weighted by Gasteiger charge is -2.30. The minimum atomic E-state index is -0.505. The van der Waals surface area contributed by atoms with Gasteiger partial charge in [-0.25, -0.2) is 4.39 Å². The van der Waals surface area contributed by atoms with Crippen molar-refractivity contribution >= 4 is 23.6 Å². The van der Waals surface area contributed by atoms with E-state index in [9.17, 15) is 14.0 Å². The number of halogens is 1.